The fourth-order valence-corrected chi connectivity index (χ4v) is 7.52. The molecule has 23 nitrogen and oxygen atoms in total. The van der Waals surface area contributed by atoms with Gasteiger partial charge >= 0.3 is 5.97 Å². The van der Waals surface area contributed by atoms with E-state index < -0.39 is 179 Å². The lowest BCUT2D eigenvalue weighted by atomic mass is 9.89. The van der Waals surface area contributed by atoms with E-state index in [0.29, 0.717) is 0 Å². The summed E-state index contributed by atoms with van der Waals surface area (Å²) in [6.45, 7) is -1.22. The van der Waals surface area contributed by atoms with Crippen molar-refractivity contribution < 1.29 is 109 Å². The molecular formula is C37H57NO22. The van der Waals surface area contributed by atoms with Gasteiger partial charge in [0.1, 0.15) is 79.4 Å². The maximum Gasteiger partial charge on any atom is 0.367 e. The molecule has 23 heteroatoms. The summed E-state index contributed by atoms with van der Waals surface area (Å²) in [5.74, 6) is -5.85. The molecule has 5 rings (SSSR count). The predicted octanol–water partition coefficient (Wildman–Crippen LogP) is -6.89. The molecule has 1 aromatic carbocycles. The van der Waals surface area contributed by atoms with Crippen molar-refractivity contribution in [3.8, 4) is 0 Å². The molecule has 4 fully saturated rings. The quantitative estimate of drug-likeness (QED) is 0.0542. The largest absolute Gasteiger partial charge is 0.453 e. The lowest BCUT2D eigenvalue weighted by Gasteiger charge is -2.49. The Morgan fingerprint density at radius 3 is 2.03 bits per heavy atom. The summed E-state index contributed by atoms with van der Waals surface area (Å²) >= 11 is 0. The second kappa shape index (κ2) is 20.8. The Labute approximate surface area is 343 Å². The third kappa shape index (κ3) is 10.3. The lowest BCUT2D eigenvalue weighted by molar-refractivity contribution is -0.370. The topological polar surface area (TPSA) is 377 Å². The summed E-state index contributed by atoms with van der Waals surface area (Å²) in [6, 6.07) is 6.22. The highest BCUT2D eigenvalue weighted by atomic mass is 16.8. The number of carbonyl (C=O) groups excluding carboxylic acids is 2. The van der Waals surface area contributed by atoms with Crippen LogP contribution < -0.4 is 5.73 Å². The van der Waals surface area contributed by atoms with Crippen LogP contribution in [0.4, 0.5) is 0 Å². The molecule has 0 aliphatic carbocycles. The van der Waals surface area contributed by atoms with E-state index in [-0.39, 0.29) is 5.56 Å². The number of aliphatic hydroxyl groups excluding tert-OH is 12. The highest BCUT2D eigenvalue weighted by molar-refractivity contribution is 5.98. The zero-order valence-corrected chi connectivity index (χ0v) is 32.7. The first-order valence-corrected chi connectivity index (χ1v) is 19.4. The Kier molecular flexibility index (Phi) is 16.9. The van der Waals surface area contributed by atoms with Crippen molar-refractivity contribution in [1.82, 2.24) is 0 Å². The van der Waals surface area contributed by atoms with Crippen LogP contribution in [0.3, 0.4) is 0 Å². The zero-order chi connectivity index (χ0) is 44.2. The van der Waals surface area contributed by atoms with Gasteiger partial charge in [-0.1, -0.05) is 37.3 Å². The van der Waals surface area contributed by atoms with Crippen LogP contribution in [-0.2, 0) is 42.7 Å². The molecule has 1 aromatic rings. The number of ether oxygens (including phenoxy) is 8. The highest BCUT2D eigenvalue weighted by Gasteiger charge is 2.57. The van der Waals surface area contributed by atoms with Crippen molar-refractivity contribution in [3.63, 3.8) is 0 Å². The average molecular weight is 868 g/mol. The Hall–Kier alpha value is -2.44. The fourth-order valence-electron chi connectivity index (χ4n) is 7.52. The summed E-state index contributed by atoms with van der Waals surface area (Å²) in [5.41, 5.74) is 6.21. The first kappa shape index (κ1) is 48.6. The van der Waals surface area contributed by atoms with Gasteiger partial charge in [-0.05, 0) is 6.92 Å². The molecule has 342 valence electrons. The number of rotatable bonds is 16. The summed E-state index contributed by atoms with van der Waals surface area (Å²) in [4.78, 5) is 26.6. The first-order chi connectivity index (χ1) is 28.4. The fraction of sp³-hybridized carbons (Fsp3) is 0.784. The number of hydrogen-bond acceptors (Lipinski definition) is 23. The minimum absolute atomic E-state index is 0.168. The average Bonchev–Trinajstić information content (AvgIpc) is 3.25. The summed E-state index contributed by atoms with van der Waals surface area (Å²) < 4.78 is 45.8. The van der Waals surface area contributed by atoms with Gasteiger partial charge in [-0.3, -0.25) is 4.79 Å². The van der Waals surface area contributed by atoms with Crippen LogP contribution >= 0.6 is 0 Å². The van der Waals surface area contributed by atoms with Crippen molar-refractivity contribution in [2.45, 2.75) is 142 Å². The number of esters is 1. The van der Waals surface area contributed by atoms with Crippen LogP contribution in [0.15, 0.2) is 30.3 Å². The number of Topliss-reactive ketones (excluding diaryl/α,β-unsaturated/α-hetero) is 1. The minimum atomic E-state index is -2.75. The van der Waals surface area contributed by atoms with Gasteiger partial charge in [0.25, 0.3) is 5.79 Å². The molecule has 4 heterocycles. The second-order valence-electron chi connectivity index (χ2n) is 15.4. The van der Waals surface area contributed by atoms with Crippen molar-refractivity contribution in [2.24, 2.45) is 11.7 Å². The number of ketones is 1. The van der Waals surface area contributed by atoms with Crippen molar-refractivity contribution in [1.29, 1.82) is 0 Å². The Morgan fingerprint density at radius 1 is 0.783 bits per heavy atom. The molecule has 4 saturated heterocycles. The van der Waals surface area contributed by atoms with Crippen LogP contribution in [0.25, 0.3) is 0 Å². The molecule has 21 atom stereocenters. The molecule has 14 N–H and O–H groups in total. The number of carbonyl (C=O) groups is 2. The first-order valence-electron chi connectivity index (χ1n) is 19.4. The molecule has 0 amide bonds. The monoisotopic (exact) mass is 867 g/mol. The van der Waals surface area contributed by atoms with Gasteiger partial charge in [-0.15, -0.1) is 0 Å². The Balaban J connectivity index is 1.32. The van der Waals surface area contributed by atoms with Crippen LogP contribution in [0.1, 0.15) is 30.6 Å². The lowest BCUT2D eigenvalue weighted by Crippen LogP contribution is -2.67. The van der Waals surface area contributed by atoms with E-state index in [4.69, 9.17) is 43.6 Å². The normalized spacial score (nSPS) is 43.5. The standard InChI is InChI=1S/C37H57NO22/c1-14-24(45)32(21(11-41)56-34(14)58-31-15(2)55-20(10-40)26(47)29(31)50)59-35-30(51)28(49)27(48)22(57-35)13-54-37(36(52)53-12-19(44)16-6-4-3-5-7-16)8-17(42)23(38)33(60-37)25(46)18(43)9-39/h3-7,14-15,17-18,20-35,39-43,45-51H,8-13,38H2,1-2H3. The van der Waals surface area contributed by atoms with E-state index in [2.05, 4.69) is 0 Å². The predicted molar refractivity (Wildman–Crippen MR) is 194 cm³/mol. The van der Waals surface area contributed by atoms with E-state index in [1.165, 1.54) is 26.0 Å². The maximum absolute atomic E-state index is 13.8. The van der Waals surface area contributed by atoms with Gasteiger partial charge in [0.05, 0.1) is 50.8 Å². The Bertz CT molecular complexity index is 1530. The smallest absolute Gasteiger partial charge is 0.367 e. The van der Waals surface area contributed by atoms with E-state index in [1.807, 2.05) is 0 Å². The molecule has 0 spiro atoms. The molecule has 0 radical (unpaired) electrons. The van der Waals surface area contributed by atoms with Gasteiger partial charge in [0.15, 0.2) is 25.0 Å². The van der Waals surface area contributed by atoms with Crippen molar-refractivity contribution in [3.05, 3.63) is 35.9 Å². The van der Waals surface area contributed by atoms with E-state index in [0.717, 1.165) is 0 Å². The highest BCUT2D eigenvalue weighted by Crippen LogP contribution is 2.37. The molecule has 4 aliphatic rings. The number of hydrogen-bond donors (Lipinski definition) is 13. The summed E-state index contributed by atoms with van der Waals surface area (Å²) in [6.07, 6.45) is -30.0. The van der Waals surface area contributed by atoms with E-state index in [9.17, 15) is 70.9 Å². The molecule has 60 heavy (non-hydrogen) atoms. The second-order valence-corrected chi connectivity index (χ2v) is 15.4. The third-order valence-corrected chi connectivity index (χ3v) is 11.3. The van der Waals surface area contributed by atoms with E-state index >= 15 is 0 Å². The molecule has 4 aliphatic heterocycles. The summed E-state index contributed by atoms with van der Waals surface area (Å²) in [7, 11) is 0. The van der Waals surface area contributed by atoms with Gasteiger partial charge < -0.3 is 105 Å². The third-order valence-electron chi connectivity index (χ3n) is 11.3. The molecule has 0 saturated carbocycles. The summed E-state index contributed by atoms with van der Waals surface area (Å²) in [5, 5.41) is 126. The zero-order valence-electron chi connectivity index (χ0n) is 32.7. The van der Waals surface area contributed by atoms with Crippen LogP contribution in [0, 0.1) is 5.92 Å². The Morgan fingerprint density at radius 2 is 1.40 bits per heavy atom. The van der Waals surface area contributed by atoms with E-state index in [1.54, 1.807) is 18.2 Å². The maximum atomic E-state index is 13.8. The van der Waals surface area contributed by atoms with Crippen LogP contribution in [0.2, 0.25) is 0 Å². The van der Waals surface area contributed by atoms with Crippen molar-refractivity contribution in [2.75, 3.05) is 33.0 Å². The van der Waals surface area contributed by atoms with Gasteiger partial charge in [0, 0.05) is 17.9 Å². The number of nitrogens with two attached hydrogens (primary N) is 1. The van der Waals surface area contributed by atoms with Gasteiger partial charge in [0.2, 0.25) is 0 Å². The van der Waals surface area contributed by atoms with Crippen LogP contribution in [-0.4, -0.2) is 228 Å². The van der Waals surface area contributed by atoms with Gasteiger partial charge in [-0.25, -0.2) is 4.79 Å². The molecular weight excluding hydrogens is 810 g/mol. The number of aliphatic hydroxyl groups is 12. The SMILES string of the molecule is CC1OC(CO)C(O)C(O)C1OC1OC(CO)C(OC2OC(COC3(C(=O)OCC(=O)c4ccccc4)CC(O)C(N)C(C(O)C(O)CO)O3)C(O)C(O)C2O)C(O)C1C. The number of benzene rings is 1. The van der Waals surface area contributed by atoms with Crippen molar-refractivity contribution >= 4 is 11.8 Å². The molecule has 0 aromatic heterocycles. The molecule has 0 bridgehead atoms. The van der Waals surface area contributed by atoms with Crippen LogP contribution in [0.5, 0.6) is 0 Å². The minimum Gasteiger partial charge on any atom is -0.453 e. The molecule has 21 unspecified atom stereocenters. The van der Waals surface area contributed by atoms with Gasteiger partial charge in [-0.2, -0.15) is 0 Å².